The summed E-state index contributed by atoms with van der Waals surface area (Å²) >= 11 is 1.09. The van der Waals surface area contributed by atoms with E-state index in [1.54, 1.807) is 6.92 Å². The number of nitrogens with two attached hydrogens (primary N) is 1. The summed E-state index contributed by atoms with van der Waals surface area (Å²) in [5.74, 6) is -1.24. The lowest BCUT2D eigenvalue weighted by Crippen LogP contribution is -2.24. The molecule has 24 heavy (non-hydrogen) atoms. The molecule has 3 N–H and O–H groups in total. The normalized spacial score (nSPS) is 14.1. The number of rotatable bonds is 6. The summed E-state index contributed by atoms with van der Waals surface area (Å²) in [5.41, 5.74) is 0.689. The van der Waals surface area contributed by atoms with Gasteiger partial charge in [0.25, 0.3) is 5.56 Å². The van der Waals surface area contributed by atoms with Crippen molar-refractivity contribution in [2.24, 2.45) is 5.14 Å². The first-order valence-corrected chi connectivity index (χ1v) is 8.56. The van der Waals surface area contributed by atoms with E-state index in [-0.39, 0.29) is 23.8 Å². The van der Waals surface area contributed by atoms with Gasteiger partial charge in [-0.05, 0) is 37.3 Å². The molecule has 2 aromatic rings. The zero-order valence-corrected chi connectivity index (χ0v) is 13.9. The third-order valence-corrected chi connectivity index (χ3v) is 4.52. The monoisotopic (exact) mass is 352 g/mol. The van der Waals surface area contributed by atoms with Gasteiger partial charge in [-0.3, -0.25) is 14.3 Å². The highest BCUT2D eigenvalue weighted by molar-refractivity contribution is 7.97. The average Bonchev–Trinajstić information content (AvgIpc) is 3.36. The first-order valence-electron chi connectivity index (χ1n) is 7.51. The van der Waals surface area contributed by atoms with Crippen molar-refractivity contribution in [1.29, 1.82) is 0 Å². The molecule has 1 aliphatic carbocycles. The molecule has 2 heterocycles. The van der Waals surface area contributed by atoms with Crippen LogP contribution in [-0.2, 0) is 0 Å². The second-order valence-corrected chi connectivity index (χ2v) is 6.51. The summed E-state index contributed by atoms with van der Waals surface area (Å²) in [6.45, 7) is 1.92. The second kappa shape index (κ2) is 6.45. The average molecular weight is 352 g/mol. The standard InChI is InChI=1S/C16H17FN2O4S/c1-8-13-10(9-2-3-9)6-11(16(21)22)15(20)19(13)7-12(17)14(8)23-4-5-24-18/h6-7,9H,2-5,18H2,1H3,(H,21,22). The van der Waals surface area contributed by atoms with Crippen molar-refractivity contribution >= 4 is 23.4 Å². The zero-order chi connectivity index (χ0) is 17.4. The molecule has 0 bridgehead atoms. The van der Waals surface area contributed by atoms with Gasteiger partial charge in [-0.1, -0.05) is 11.9 Å². The molecule has 128 valence electrons. The van der Waals surface area contributed by atoms with Gasteiger partial charge in [-0.15, -0.1) is 0 Å². The molecular formula is C16H17FN2O4S. The number of aryl methyl sites for hydroxylation is 1. The van der Waals surface area contributed by atoms with Crippen molar-refractivity contribution in [1.82, 2.24) is 4.40 Å². The second-order valence-electron chi connectivity index (χ2n) is 5.77. The third-order valence-electron chi connectivity index (χ3n) is 4.11. The molecule has 1 saturated carbocycles. The predicted octanol–water partition coefficient (Wildman–Crippen LogP) is 2.31. The van der Waals surface area contributed by atoms with Gasteiger partial charge in [0.2, 0.25) is 0 Å². The molecule has 0 amide bonds. The van der Waals surface area contributed by atoms with Crippen molar-refractivity contribution in [2.75, 3.05) is 12.4 Å². The number of pyridine rings is 2. The van der Waals surface area contributed by atoms with Crippen molar-refractivity contribution in [3.8, 4) is 5.75 Å². The highest BCUT2D eigenvalue weighted by Crippen LogP contribution is 2.43. The number of ether oxygens (including phenoxy) is 1. The Balaban J connectivity index is 2.26. The van der Waals surface area contributed by atoms with E-state index in [1.807, 2.05) is 0 Å². The summed E-state index contributed by atoms with van der Waals surface area (Å²) in [5, 5.41) is 14.6. The fraction of sp³-hybridized carbons (Fsp3) is 0.375. The molecule has 2 aromatic heterocycles. The Morgan fingerprint density at radius 1 is 1.54 bits per heavy atom. The lowest BCUT2D eigenvalue weighted by Gasteiger charge is -2.16. The number of carbonyl (C=O) groups is 1. The number of fused-ring (bicyclic) bond motifs is 1. The molecule has 6 nitrogen and oxygen atoms in total. The minimum absolute atomic E-state index is 0.0772. The van der Waals surface area contributed by atoms with Crippen LogP contribution in [0.1, 0.15) is 40.2 Å². The predicted molar refractivity (Wildman–Crippen MR) is 89.4 cm³/mol. The number of aromatic carboxylic acids is 1. The van der Waals surface area contributed by atoms with Crippen molar-refractivity contribution in [3.05, 3.63) is 45.1 Å². The highest BCUT2D eigenvalue weighted by Gasteiger charge is 2.30. The number of hydrogen-bond donors (Lipinski definition) is 2. The molecule has 0 aromatic carbocycles. The lowest BCUT2D eigenvalue weighted by atomic mass is 10.0. The summed E-state index contributed by atoms with van der Waals surface area (Å²) in [4.78, 5) is 23.7. The van der Waals surface area contributed by atoms with Crippen LogP contribution in [0.4, 0.5) is 4.39 Å². The SMILES string of the molecule is Cc1c(OCCSN)c(F)cn2c(=O)c(C(=O)O)cc(C3CC3)c12. The molecule has 1 fully saturated rings. The van der Waals surface area contributed by atoms with E-state index in [4.69, 9.17) is 9.88 Å². The molecule has 1 aliphatic rings. The fourth-order valence-electron chi connectivity index (χ4n) is 2.86. The van der Waals surface area contributed by atoms with Crippen molar-refractivity contribution < 1.29 is 19.0 Å². The van der Waals surface area contributed by atoms with Crippen LogP contribution >= 0.6 is 11.9 Å². The van der Waals surface area contributed by atoms with E-state index in [0.29, 0.717) is 16.8 Å². The first-order chi connectivity index (χ1) is 11.5. The van der Waals surface area contributed by atoms with Gasteiger partial charge in [0.05, 0.1) is 18.3 Å². The number of nitrogens with zero attached hydrogens (tertiary/aromatic N) is 1. The van der Waals surface area contributed by atoms with E-state index in [2.05, 4.69) is 0 Å². The maximum absolute atomic E-state index is 14.4. The van der Waals surface area contributed by atoms with E-state index in [1.165, 1.54) is 6.07 Å². The third kappa shape index (κ3) is 2.87. The van der Waals surface area contributed by atoms with Crippen LogP contribution in [0.25, 0.3) is 5.52 Å². The van der Waals surface area contributed by atoms with Crippen LogP contribution < -0.4 is 15.4 Å². The number of hydrogen-bond acceptors (Lipinski definition) is 5. The number of carboxylic acids is 1. The van der Waals surface area contributed by atoms with Crippen LogP contribution in [0.3, 0.4) is 0 Å². The zero-order valence-electron chi connectivity index (χ0n) is 13.0. The molecule has 0 saturated heterocycles. The lowest BCUT2D eigenvalue weighted by molar-refractivity contribution is 0.0694. The topological polar surface area (TPSA) is 94.0 Å². The van der Waals surface area contributed by atoms with Gasteiger partial charge in [-0.25, -0.2) is 9.18 Å². The Morgan fingerprint density at radius 2 is 2.25 bits per heavy atom. The van der Waals surface area contributed by atoms with E-state index < -0.39 is 17.3 Å². The van der Waals surface area contributed by atoms with Crippen molar-refractivity contribution in [3.63, 3.8) is 0 Å². The molecule has 8 heteroatoms. The Morgan fingerprint density at radius 3 is 2.83 bits per heavy atom. The van der Waals surface area contributed by atoms with Gasteiger partial charge in [0, 0.05) is 11.3 Å². The summed E-state index contributed by atoms with van der Waals surface area (Å²) < 4.78 is 21.0. The van der Waals surface area contributed by atoms with Crippen LogP contribution in [-0.4, -0.2) is 27.8 Å². The Labute approximate surface area is 141 Å². The molecule has 0 atom stereocenters. The van der Waals surface area contributed by atoms with Gasteiger partial charge in [0.1, 0.15) is 5.56 Å². The Kier molecular flexibility index (Phi) is 4.51. The van der Waals surface area contributed by atoms with Crippen LogP contribution in [0.15, 0.2) is 17.1 Å². The molecule has 0 unspecified atom stereocenters. The Hall–Kier alpha value is -2.06. The largest absolute Gasteiger partial charge is 0.489 e. The molecule has 3 rings (SSSR count). The van der Waals surface area contributed by atoms with Crippen molar-refractivity contribution in [2.45, 2.75) is 25.7 Å². The fourth-order valence-corrected chi connectivity index (χ4v) is 3.04. The minimum Gasteiger partial charge on any atom is -0.489 e. The highest BCUT2D eigenvalue weighted by atomic mass is 32.2. The summed E-state index contributed by atoms with van der Waals surface area (Å²) in [6, 6.07) is 1.42. The number of carboxylic acid groups (broad SMARTS) is 1. The van der Waals surface area contributed by atoms with Gasteiger partial charge < -0.3 is 9.84 Å². The van der Waals surface area contributed by atoms with Gasteiger partial charge >= 0.3 is 5.97 Å². The maximum atomic E-state index is 14.4. The molecular weight excluding hydrogens is 335 g/mol. The van der Waals surface area contributed by atoms with Gasteiger partial charge in [0.15, 0.2) is 11.6 Å². The summed E-state index contributed by atoms with van der Waals surface area (Å²) in [6.07, 6.45) is 2.85. The smallest absolute Gasteiger partial charge is 0.341 e. The van der Waals surface area contributed by atoms with Crippen LogP contribution in [0.5, 0.6) is 5.75 Å². The molecule has 0 radical (unpaired) electrons. The molecule has 0 spiro atoms. The number of aromatic nitrogens is 1. The van der Waals surface area contributed by atoms with E-state index >= 15 is 0 Å². The number of halogens is 1. The molecule has 0 aliphatic heterocycles. The summed E-state index contributed by atoms with van der Waals surface area (Å²) in [7, 11) is 0. The van der Waals surface area contributed by atoms with E-state index in [0.717, 1.165) is 41.0 Å². The first kappa shape index (κ1) is 16.8. The quantitative estimate of drug-likeness (QED) is 0.612. The Bertz CT molecular complexity index is 877. The maximum Gasteiger partial charge on any atom is 0.341 e. The van der Waals surface area contributed by atoms with Crippen LogP contribution in [0, 0.1) is 12.7 Å². The van der Waals surface area contributed by atoms with E-state index in [9.17, 15) is 19.1 Å². The van der Waals surface area contributed by atoms with Gasteiger partial charge in [-0.2, -0.15) is 0 Å². The van der Waals surface area contributed by atoms with Crippen LogP contribution in [0.2, 0.25) is 0 Å². The minimum atomic E-state index is -1.31.